The molecule has 0 aromatic heterocycles. The maximum absolute atomic E-state index is 10.7. The van der Waals surface area contributed by atoms with Crippen LogP contribution in [0.1, 0.15) is 45.1 Å². The van der Waals surface area contributed by atoms with Crippen molar-refractivity contribution in [2.24, 2.45) is 4.99 Å². The fraction of sp³-hybridized carbons (Fsp3) is 0.533. The Morgan fingerprint density at radius 3 is 2.53 bits per heavy atom. The van der Waals surface area contributed by atoms with E-state index in [-0.39, 0.29) is 0 Å². The average molecular weight is 259 g/mol. The van der Waals surface area contributed by atoms with E-state index in [1.54, 1.807) is 6.08 Å². The van der Waals surface area contributed by atoms with Gasteiger partial charge in [-0.1, -0.05) is 18.9 Å². The van der Waals surface area contributed by atoms with Gasteiger partial charge in [0.25, 0.3) is 0 Å². The van der Waals surface area contributed by atoms with E-state index in [9.17, 15) is 4.79 Å². The predicted octanol–water partition coefficient (Wildman–Crippen LogP) is 3.30. The van der Waals surface area contributed by atoms with Crippen molar-refractivity contribution in [3.8, 4) is 11.5 Å². The van der Waals surface area contributed by atoms with Crippen LogP contribution in [0, 0.1) is 0 Å². The lowest BCUT2D eigenvalue weighted by Crippen LogP contribution is -2.29. The number of fused-ring (bicyclic) bond motifs is 1. The number of ether oxygens (including phenoxy) is 2. The van der Waals surface area contributed by atoms with Crippen LogP contribution in [0.25, 0.3) is 0 Å². The Kier molecular flexibility index (Phi) is 2.64. The minimum Gasteiger partial charge on any atom is -0.449 e. The lowest BCUT2D eigenvalue weighted by atomic mass is 9.89. The molecular weight excluding hydrogens is 242 g/mol. The second-order valence-electron chi connectivity index (χ2n) is 5.71. The summed E-state index contributed by atoms with van der Waals surface area (Å²) in [5, 5.41) is 0. The molecule has 3 rings (SSSR count). The van der Waals surface area contributed by atoms with Gasteiger partial charge >= 0.3 is 0 Å². The Bertz CT molecular complexity index is 553. The van der Waals surface area contributed by atoms with Crippen molar-refractivity contribution in [1.82, 2.24) is 0 Å². The van der Waals surface area contributed by atoms with E-state index >= 15 is 0 Å². The molecule has 4 nitrogen and oxygen atoms in total. The van der Waals surface area contributed by atoms with E-state index < -0.39 is 11.3 Å². The maximum Gasteiger partial charge on any atom is 0.246 e. The van der Waals surface area contributed by atoms with Gasteiger partial charge < -0.3 is 9.47 Å². The summed E-state index contributed by atoms with van der Waals surface area (Å²) in [5.74, 6) is 0.851. The van der Waals surface area contributed by atoms with Gasteiger partial charge in [-0.25, -0.2) is 4.79 Å². The van der Waals surface area contributed by atoms with Crippen LogP contribution in [-0.4, -0.2) is 11.9 Å². The highest BCUT2D eigenvalue weighted by atomic mass is 16.7. The molecule has 100 valence electrons. The number of carbonyl (C=O) groups excluding carboxylic acids is 1. The van der Waals surface area contributed by atoms with Crippen molar-refractivity contribution in [3.05, 3.63) is 23.8 Å². The number of hydrogen-bond donors (Lipinski definition) is 0. The van der Waals surface area contributed by atoms with Crippen molar-refractivity contribution < 1.29 is 14.3 Å². The Balaban J connectivity index is 2.01. The van der Waals surface area contributed by atoms with Gasteiger partial charge in [-0.15, -0.1) is 0 Å². The minimum atomic E-state index is -0.627. The molecule has 0 saturated heterocycles. The smallest absolute Gasteiger partial charge is 0.246 e. The zero-order valence-electron chi connectivity index (χ0n) is 11.2. The van der Waals surface area contributed by atoms with E-state index in [0.29, 0.717) is 0 Å². The van der Waals surface area contributed by atoms with Crippen LogP contribution < -0.4 is 9.47 Å². The first-order valence-electron chi connectivity index (χ1n) is 6.66. The predicted molar refractivity (Wildman–Crippen MR) is 70.0 cm³/mol. The van der Waals surface area contributed by atoms with Crippen molar-refractivity contribution in [2.75, 3.05) is 0 Å². The number of nitrogens with zero attached hydrogens (tertiary/aromatic N) is 1. The van der Waals surface area contributed by atoms with Crippen LogP contribution in [0.15, 0.2) is 23.2 Å². The first-order valence-corrected chi connectivity index (χ1v) is 6.66. The molecule has 4 heteroatoms. The van der Waals surface area contributed by atoms with E-state index in [4.69, 9.17) is 9.47 Å². The second kappa shape index (κ2) is 4.10. The summed E-state index contributed by atoms with van der Waals surface area (Å²) in [7, 11) is 0. The van der Waals surface area contributed by atoms with Crippen LogP contribution in [0.3, 0.4) is 0 Å². The monoisotopic (exact) mass is 259 g/mol. The van der Waals surface area contributed by atoms with Gasteiger partial charge in [-0.05, 0) is 30.5 Å². The maximum atomic E-state index is 10.7. The summed E-state index contributed by atoms with van der Waals surface area (Å²) in [4.78, 5) is 14.8. The highest BCUT2D eigenvalue weighted by Crippen LogP contribution is 2.46. The molecule has 0 bridgehead atoms. The molecule has 19 heavy (non-hydrogen) atoms. The van der Waals surface area contributed by atoms with Crippen molar-refractivity contribution >= 4 is 6.08 Å². The summed E-state index contributed by atoms with van der Waals surface area (Å²) in [5.41, 5.74) is 0.612. The van der Waals surface area contributed by atoms with Gasteiger partial charge in [0.05, 0.1) is 5.54 Å². The van der Waals surface area contributed by atoms with Crippen LogP contribution in [0.5, 0.6) is 11.5 Å². The SMILES string of the molecule is CC1(C)Oc2ccc(C3(N=C=O)CCCC3)cc2O1. The lowest BCUT2D eigenvalue weighted by molar-refractivity contribution is -0.0431. The van der Waals surface area contributed by atoms with Crippen molar-refractivity contribution in [3.63, 3.8) is 0 Å². The Labute approximate surface area is 112 Å². The molecule has 0 N–H and O–H groups in total. The quantitative estimate of drug-likeness (QED) is 0.604. The van der Waals surface area contributed by atoms with Gasteiger partial charge in [0.1, 0.15) is 0 Å². The fourth-order valence-electron chi connectivity index (χ4n) is 3.02. The van der Waals surface area contributed by atoms with Gasteiger partial charge in [0.2, 0.25) is 11.9 Å². The summed E-state index contributed by atoms with van der Waals surface area (Å²) in [6, 6.07) is 5.84. The van der Waals surface area contributed by atoms with Crippen LogP contribution >= 0.6 is 0 Å². The molecule has 1 aliphatic carbocycles. The van der Waals surface area contributed by atoms with Gasteiger partial charge in [0, 0.05) is 13.8 Å². The molecule has 0 unspecified atom stereocenters. The van der Waals surface area contributed by atoms with Gasteiger partial charge in [-0.2, -0.15) is 4.99 Å². The average Bonchev–Trinajstić information content (AvgIpc) is 2.91. The molecule has 1 aromatic rings. The number of rotatable bonds is 2. The molecule has 0 spiro atoms. The van der Waals surface area contributed by atoms with Crippen LogP contribution in [0.4, 0.5) is 0 Å². The molecule has 0 radical (unpaired) electrons. The Morgan fingerprint density at radius 1 is 1.16 bits per heavy atom. The molecular formula is C15H17NO3. The highest BCUT2D eigenvalue weighted by molar-refractivity contribution is 5.49. The molecule has 1 fully saturated rings. The standard InChI is InChI=1S/C15H17NO3/c1-14(2)18-12-6-5-11(9-13(12)19-14)15(16-10-17)7-3-4-8-15/h5-6,9H,3-4,7-8H2,1-2H3. The van der Waals surface area contributed by atoms with Crippen molar-refractivity contribution in [1.29, 1.82) is 0 Å². The molecule has 1 aromatic carbocycles. The number of hydrogen-bond acceptors (Lipinski definition) is 4. The summed E-state index contributed by atoms with van der Waals surface area (Å²) in [6.45, 7) is 3.75. The molecule has 1 aliphatic heterocycles. The zero-order valence-corrected chi connectivity index (χ0v) is 11.2. The van der Waals surface area contributed by atoms with Gasteiger partial charge in [-0.3, -0.25) is 0 Å². The minimum absolute atomic E-state index is 0.410. The summed E-state index contributed by atoms with van der Waals surface area (Å²) in [6.07, 6.45) is 5.70. The third-order valence-electron chi connectivity index (χ3n) is 3.88. The number of isocyanates is 1. The fourth-order valence-corrected chi connectivity index (χ4v) is 3.02. The number of benzene rings is 1. The Morgan fingerprint density at radius 2 is 1.84 bits per heavy atom. The van der Waals surface area contributed by atoms with Crippen LogP contribution in [-0.2, 0) is 10.3 Å². The van der Waals surface area contributed by atoms with E-state index in [1.165, 1.54) is 0 Å². The normalized spacial score (nSPS) is 22.0. The first-order chi connectivity index (χ1) is 9.05. The summed E-state index contributed by atoms with van der Waals surface area (Å²) >= 11 is 0. The second-order valence-corrected chi connectivity index (χ2v) is 5.71. The Hall–Kier alpha value is -1.80. The summed E-state index contributed by atoms with van der Waals surface area (Å²) < 4.78 is 11.4. The van der Waals surface area contributed by atoms with Crippen molar-refractivity contribution in [2.45, 2.75) is 50.9 Å². The van der Waals surface area contributed by atoms with E-state index in [1.807, 2.05) is 32.0 Å². The van der Waals surface area contributed by atoms with E-state index in [2.05, 4.69) is 4.99 Å². The first kappa shape index (κ1) is 12.2. The van der Waals surface area contributed by atoms with E-state index in [0.717, 1.165) is 42.7 Å². The highest BCUT2D eigenvalue weighted by Gasteiger charge is 2.38. The molecule has 0 atom stereocenters. The molecule has 1 heterocycles. The largest absolute Gasteiger partial charge is 0.449 e. The zero-order chi connectivity index (χ0) is 13.5. The van der Waals surface area contributed by atoms with Gasteiger partial charge in [0.15, 0.2) is 11.5 Å². The number of aliphatic imine (C=N–C) groups is 1. The lowest BCUT2D eigenvalue weighted by Gasteiger charge is -2.22. The third kappa shape index (κ3) is 2.02. The topological polar surface area (TPSA) is 47.9 Å². The third-order valence-corrected chi connectivity index (χ3v) is 3.88. The molecule has 2 aliphatic rings. The molecule has 1 saturated carbocycles. The van der Waals surface area contributed by atoms with Crippen LogP contribution in [0.2, 0.25) is 0 Å². The molecule has 0 amide bonds.